The summed E-state index contributed by atoms with van der Waals surface area (Å²) >= 11 is 0. The zero-order chi connectivity index (χ0) is 56.4. The SMILES string of the molecule is [2H]C([2H])([2H])O[C@H]1C[C@@H]2CC[C@@H](C)[C@@](O)(O2)C(=O)C(=O)N2CCCC[C@H]2C(=O)O[C@H]([C@H](C)C[C@@H]2CC[C@@H](OC([2H])([2H])C([2H])([2H])O)[C@H](OC)C2)CC(=O)[C@H](C)/C=C(\C)[C@@H](O)[C@@H](OC)C(=O)[C@H](C)C[C@H](C)/C=C/C=C/C=C/1C. The number of amides is 1. The molecular weight excluding hydrogens is 875 g/mol. The average molecular weight is 965 g/mol. The molecule has 1 amide bonds. The lowest BCUT2D eigenvalue weighted by Gasteiger charge is -2.42. The van der Waals surface area contributed by atoms with Crippen LogP contribution in [0.1, 0.15) is 135 Å². The minimum atomic E-state index is -3.29. The highest BCUT2D eigenvalue weighted by Crippen LogP contribution is 2.38. The predicted octanol–water partition coefficient (Wildman–Crippen LogP) is 6.20. The molecule has 0 aromatic heterocycles. The van der Waals surface area contributed by atoms with E-state index in [0.717, 1.165) is 4.90 Å². The molecule has 15 heteroatoms. The van der Waals surface area contributed by atoms with E-state index in [0.29, 0.717) is 56.1 Å². The van der Waals surface area contributed by atoms with Gasteiger partial charge in [-0.15, -0.1) is 0 Å². The summed E-state index contributed by atoms with van der Waals surface area (Å²) in [6.07, 6.45) is 5.81. The van der Waals surface area contributed by atoms with Crippen LogP contribution in [0.5, 0.6) is 0 Å². The molecule has 0 unspecified atom stereocenters. The summed E-state index contributed by atoms with van der Waals surface area (Å²) in [6, 6.07) is -1.29. The van der Waals surface area contributed by atoms with Crippen LogP contribution in [0, 0.1) is 35.5 Å². The third-order valence-electron chi connectivity index (χ3n) is 14.6. The summed E-state index contributed by atoms with van der Waals surface area (Å²) in [5.74, 6) is -9.77. The Morgan fingerprint density at radius 1 is 0.912 bits per heavy atom. The van der Waals surface area contributed by atoms with Crippen LogP contribution >= 0.6 is 0 Å². The van der Waals surface area contributed by atoms with Gasteiger partial charge in [0.05, 0.1) is 47.1 Å². The third-order valence-corrected chi connectivity index (χ3v) is 14.6. The summed E-state index contributed by atoms with van der Waals surface area (Å²) in [5.41, 5.74) is 0.801. The van der Waals surface area contributed by atoms with Crippen LogP contribution < -0.4 is 0 Å². The quantitative estimate of drug-likeness (QED) is 0.134. The van der Waals surface area contributed by atoms with Crippen LogP contribution in [-0.2, 0) is 52.4 Å². The highest BCUT2D eigenvalue weighted by molar-refractivity contribution is 6.39. The monoisotopic (exact) mass is 965 g/mol. The lowest BCUT2D eigenvalue weighted by atomic mass is 9.78. The van der Waals surface area contributed by atoms with Crippen molar-refractivity contribution in [3.05, 3.63) is 47.6 Å². The molecule has 4 aliphatic rings. The molecule has 15 nitrogen and oxygen atoms in total. The fraction of sp³-hybridized carbons (Fsp3) is 0.755. The van der Waals surface area contributed by atoms with Crippen molar-refractivity contribution < 1.29 is 77.3 Å². The number of ether oxygens (including phenoxy) is 6. The van der Waals surface area contributed by atoms with E-state index in [-0.39, 0.29) is 62.1 Å². The Kier molecular flexibility index (Phi) is 18.8. The number of aliphatic hydroxyl groups is 3. The first-order valence-corrected chi connectivity index (χ1v) is 24.4. The minimum absolute atomic E-state index is 0.0376. The first-order valence-electron chi connectivity index (χ1n) is 27.9. The van der Waals surface area contributed by atoms with Crippen molar-refractivity contribution in [1.29, 1.82) is 0 Å². The first-order chi connectivity index (χ1) is 34.8. The molecule has 68 heavy (non-hydrogen) atoms. The smallest absolute Gasteiger partial charge is 0.329 e. The van der Waals surface area contributed by atoms with E-state index in [2.05, 4.69) is 0 Å². The van der Waals surface area contributed by atoms with E-state index in [9.17, 15) is 39.3 Å². The van der Waals surface area contributed by atoms with Crippen molar-refractivity contribution >= 4 is 29.2 Å². The van der Waals surface area contributed by atoms with Gasteiger partial charge in [0.2, 0.25) is 5.79 Å². The maximum atomic E-state index is 14.5. The van der Waals surface area contributed by atoms with Gasteiger partial charge in [0, 0.05) is 58.4 Å². The molecule has 2 saturated heterocycles. The molecule has 1 saturated carbocycles. The van der Waals surface area contributed by atoms with Gasteiger partial charge in [0.15, 0.2) is 5.78 Å². The number of fused-ring (bicyclic) bond motifs is 3. The van der Waals surface area contributed by atoms with E-state index in [4.69, 9.17) is 38.0 Å². The van der Waals surface area contributed by atoms with Crippen molar-refractivity contribution in [2.24, 2.45) is 35.5 Å². The van der Waals surface area contributed by atoms with Crippen LogP contribution in [0.2, 0.25) is 0 Å². The second-order valence-electron chi connectivity index (χ2n) is 19.8. The first kappa shape index (κ1) is 46.9. The van der Waals surface area contributed by atoms with Crippen LogP contribution in [0.3, 0.4) is 0 Å². The number of allylic oxidation sites excluding steroid dienone is 6. The number of carbonyl (C=O) groups excluding carboxylic acids is 5. The number of hydrogen-bond acceptors (Lipinski definition) is 14. The highest BCUT2D eigenvalue weighted by Gasteiger charge is 2.53. The third kappa shape index (κ3) is 15.3. The largest absolute Gasteiger partial charge is 0.460 e. The lowest BCUT2D eigenvalue weighted by molar-refractivity contribution is -0.265. The number of nitrogens with zero attached hydrogens (tertiary/aromatic N) is 1. The van der Waals surface area contributed by atoms with E-state index >= 15 is 0 Å². The molecule has 3 N–H and O–H groups in total. The van der Waals surface area contributed by atoms with Gasteiger partial charge in [-0.3, -0.25) is 19.2 Å². The summed E-state index contributed by atoms with van der Waals surface area (Å²) in [5, 5.41) is 33.3. The van der Waals surface area contributed by atoms with Crippen molar-refractivity contribution in [3.63, 3.8) is 0 Å². The van der Waals surface area contributed by atoms with E-state index in [1.165, 1.54) is 20.3 Å². The number of aliphatic hydroxyl groups excluding tert-OH is 1. The van der Waals surface area contributed by atoms with Crippen molar-refractivity contribution in [2.75, 3.05) is 40.9 Å². The number of piperidine rings is 1. The number of hydrogen-bond donors (Lipinski definition) is 3. The molecule has 3 fully saturated rings. The molecule has 384 valence electrons. The molecule has 0 spiro atoms. The van der Waals surface area contributed by atoms with Gasteiger partial charge in [-0.25, -0.2) is 4.79 Å². The Bertz CT molecular complexity index is 2090. The summed E-state index contributed by atoms with van der Waals surface area (Å²) < 4.78 is 89.1. The predicted molar refractivity (Wildman–Crippen MR) is 256 cm³/mol. The number of esters is 1. The van der Waals surface area contributed by atoms with Gasteiger partial charge in [0.25, 0.3) is 11.7 Å². The molecule has 15 atom stereocenters. The van der Waals surface area contributed by atoms with Crippen LogP contribution in [0.15, 0.2) is 47.6 Å². The molecular formula is C53H83NO14. The normalized spacial score (nSPS) is 41.3. The second kappa shape index (κ2) is 27.3. The summed E-state index contributed by atoms with van der Waals surface area (Å²) in [7, 11) is -0.0992. The average Bonchev–Trinajstić information content (AvgIpc) is 3.33. The number of rotatable bonds is 9. The number of carbonyl (C=O) groups is 5. The van der Waals surface area contributed by atoms with Gasteiger partial charge in [-0.2, -0.15) is 0 Å². The van der Waals surface area contributed by atoms with Gasteiger partial charge < -0.3 is 48.6 Å². The summed E-state index contributed by atoms with van der Waals surface area (Å²) in [4.78, 5) is 72.4. The van der Waals surface area contributed by atoms with E-state index in [1.807, 2.05) is 13.0 Å². The molecule has 0 radical (unpaired) electrons. The zero-order valence-corrected chi connectivity index (χ0v) is 41.5. The van der Waals surface area contributed by atoms with E-state index < -0.39 is 116 Å². The fourth-order valence-corrected chi connectivity index (χ4v) is 10.2. The second-order valence-corrected chi connectivity index (χ2v) is 19.8. The topological polar surface area (TPSA) is 205 Å². The molecule has 0 aromatic rings. The van der Waals surface area contributed by atoms with Crippen LogP contribution in [0.4, 0.5) is 0 Å². The van der Waals surface area contributed by atoms with Crippen LogP contribution in [0.25, 0.3) is 0 Å². The minimum Gasteiger partial charge on any atom is -0.460 e. The van der Waals surface area contributed by atoms with Crippen molar-refractivity contribution in [1.82, 2.24) is 4.90 Å². The maximum absolute atomic E-state index is 14.5. The van der Waals surface area contributed by atoms with E-state index in [1.54, 1.807) is 65.8 Å². The van der Waals surface area contributed by atoms with Gasteiger partial charge in [-0.1, -0.05) is 71.1 Å². The number of Topliss-reactive ketones (excluding diaryl/α,β-unsaturated/α-hetero) is 3. The number of methoxy groups -OCH3 is 3. The standard InChI is InChI=1S/C53H83NO14/c1-32-16-12-11-13-17-33(2)44(63-8)30-40-21-19-38(7)53(62,68-40)50(59)51(60)54-23-15-14-18-41(54)52(61)67-45(35(4)28-39-20-22-43(66-25-24-55)46(29-39)64-9)31-42(56)34(3)27-37(6)48(58)49(65-10)47(57)36(5)26-32/h11-13,16-17,27,32,34-36,38-41,43-46,48-49,55,58,62H,14-15,18-26,28-31H2,1-10H3/b13-11+,16-12+,33-17+,37-27+/t32-,34-,35-,36-,38-,39+,40+,41+,43-,44+,45+,46-,48-,49+,53-/m1/s1/i8D3,24D2,25D2. The number of ketones is 3. The molecule has 3 aliphatic heterocycles. The molecule has 3 heterocycles. The van der Waals surface area contributed by atoms with Crippen molar-refractivity contribution in [3.8, 4) is 0 Å². The Morgan fingerprint density at radius 3 is 2.35 bits per heavy atom. The highest BCUT2D eigenvalue weighted by atomic mass is 16.6. The summed E-state index contributed by atoms with van der Waals surface area (Å²) in [6.45, 7) is 5.54. The molecule has 1 aliphatic carbocycles. The van der Waals surface area contributed by atoms with Gasteiger partial charge >= 0.3 is 5.97 Å². The Balaban J connectivity index is 1.73. The van der Waals surface area contributed by atoms with Gasteiger partial charge in [0.1, 0.15) is 30.1 Å². The molecule has 4 rings (SSSR count). The van der Waals surface area contributed by atoms with Crippen LogP contribution in [-0.4, -0.2) is 145 Å². The van der Waals surface area contributed by atoms with Gasteiger partial charge in [-0.05, 0) is 107 Å². The Labute approximate surface area is 414 Å². The molecule has 2 bridgehead atoms. The Hall–Kier alpha value is -3.41. The van der Waals surface area contributed by atoms with Crippen molar-refractivity contribution in [2.45, 2.75) is 180 Å². The number of cyclic esters (lactones) is 1. The Morgan fingerprint density at radius 2 is 1.66 bits per heavy atom. The lowest BCUT2D eigenvalue weighted by Crippen LogP contribution is -2.61. The fourth-order valence-electron chi connectivity index (χ4n) is 10.2. The maximum Gasteiger partial charge on any atom is 0.329 e. The molecule has 0 aromatic carbocycles. The zero-order valence-electron chi connectivity index (χ0n) is 48.5.